The van der Waals surface area contributed by atoms with Crippen LogP contribution in [0.2, 0.25) is 0 Å². The summed E-state index contributed by atoms with van der Waals surface area (Å²) in [6.07, 6.45) is 0. The SMILES string of the molecule is CC1(C)c2ccccc2-c2c(-c3ccc4c(c3)OCO4)cc(N(c3cccc(-n4c5ccccc5c5ccccc54)c3)c3ccc4ccccc4c3)cc21. The van der Waals surface area contributed by atoms with E-state index in [4.69, 9.17) is 9.47 Å². The van der Waals surface area contributed by atoms with Crippen LogP contribution in [-0.2, 0) is 5.41 Å². The summed E-state index contributed by atoms with van der Waals surface area (Å²) in [5.41, 5.74) is 14.0. The lowest BCUT2D eigenvalue weighted by molar-refractivity contribution is 0.174. The number of ether oxygens (including phenoxy) is 2. The van der Waals surface area contributed by atoms with Crippen LogP contribution >= 0.6 is 0 Å². The molecule has 0 radical (unpaired) electrons. The van der Waals surface area contributed by atoms with E-state index in [2.05, 4.69) is 187 Å². The number of benzene rings is 8. The van der Waals surface area contributed by atoms with Crippen molar-refractivity contribution >= 4 is 49.6 Å². The Morgan fingerprint density at radius 1 is 0.500 bits per heavy atom. The minimum absolute atomic E-state index is 0.215. The molecule has 4 heteroatoms. The molecule has 0 unspecified atom stereocenters. The van der Waals surface area contributed by atoms with Crippen molar-refractivity contribution < 1.29 is 9.47 Å². The summed E-state index contributed by atoms with van der Waals surface area (Å²) < 4.78 is 14.1. The van der Waals surface area contributed by atoms with Gasteiger partial charge in [0.25, 0.3) is 0 Å². The first-order chi connectivity index (χ1) is 26.5. The number of hydrogen-bond acceptors (Lipinski definition) is 3. The van der Waals surface area contributed by atoms with Gasteiger partial charge in [-0.1, -0.05) is 117 Å². The molecule has 0 bridgehead atoms. The zero-order valence-corrected chi connectivity index (χ0v) is 30.1. The third-order valence-electron chi connectivity index (χ3n) is 11.5. The van der Waals surface area contributed by atoms with E-state index in [0.717, 1.165) is 39.8 Å². The molecule has 258 valence electrons. The molecule has 0 atom stereocenters. The summed E-state index contributed by atoms with van der Waals surface area (Å²) >= 11 is 0. The number of fused-ring (bicyclic) bond motifs is 8. The average molecular weight is 697 g/mol. The van der Waals surface area contributed by atoms with Crippen molar-refractivity contribution in [2.24, 2.45) is 0 Å². The molecule has 0 spiro atoms. The van der Waals surface area contributed by atoms with E-state index in [-0.39, 0.29) is 12.2 Å². The van der Waals surface area contributed by atoms with Gasteiger partial charge in [-0.25, -0.2) is 0 Å². The molecule has 54 heavy (non-hydrogen) atoms. The highest BCUT2D eigenvalue weighted by Crippen LogP contribution is 2.55. The van der Waals surface area contributed by atoms with Crippen LogP contribution in [-0.4, -0.2) is 11.4 Å². The van der Waals surface area contributed by atoms with Crippen molar-refractivity contribution in [3.8, 4) is 39.4 Å². The highest BCUT2D eigenvalue weighted by molar-refractivity contribution is 6.09. The van der Waals surface area contributed by atoms with E-state index in [1.165, 1.54) is 60.4 Å². The van der Waals surface area contributed by atoms with Gasteiger partial charge in [0.2, 0.25) is 6.79 Å². The predicted molar refractivity (Wildman–Crippen MR) is 222 cm³/mol. The quantitative estimate of drug-likeness (QED) is 0.179. The van der Waals surface area contributed by atoms with Gasteiger partial charge in [-0.3, -0.25) is 0 Å². The highest BCUT2D eigenvalue weighted by atomic mass is 16.7. The molecule has 4 nitrogen and oxygen atoms in total. The van der Waals surface area contributed by atoms with Gasteiger partial charge in [0.1, 0.15) is 0 Å². The minimum atomic E-state index is -0.215. The number of para-hydroxylation sites is 2. The molecular formula is C50H36N2O2. The summed E-state index contributed by atoms with van der Waals surface area (Å²) in [7, 11) is 0. The molecule has 1 aromatic heterocycles. The summed E-state index contributed by atoms with van der Waals surface area (Å²) in [6.45, 7) is 4.95. The first-order valence-corrected chi connectivity index (χ1v) is 18.6. The fourth-order valence-corrected chi connectivity index (χ4v) is 8.96. The second kappa shape index (κ2) is 11.6. The zero-order chi connectivity index (χ0) is 36.0. The third-order valence-corrected chi connectivity index (χ3v) is 11.5. The van der Waals surface area contributed by atoms with E-state index >= 15 is 0 Å². The number of anilines is 3. The minimum Gasteiger partial charge on any atom is -0.454 e. The van der Waals surface area contributed by atoms with Crippen LogP contribution in [0.4, 0.5) is 17.1 Å². The highest BCUT2D eigenvalue weighted by Gasteiger charge is 2.38. The topological polar surface area (TPSA) is 26.6 Å². The van der Waals surface area contributed by atoms with E-state index in [0.29, 0.717) is 0 Å². The Morgan fingerprint density at radius 3 is 2.04 bits per heavy atom. The Hall–Kier alpha value is -6.78. The Balaban J connectivity index is 1.19. The van der Waals surface area contributed by atoms with Crippen molar-refractivity contribution in [2.45, 2.75) is 19.3 Å². The second-order valence-corrected chi connectivity index (χ2v) is 14.9. The Bertz CT molecular complexity index is 2920. The van der Waals surface area contributed by atoms with Crippen molar-refractivity contribution in [1.29, 1.82) is 0 Å². The molecule has 1 aliphatic carbocycles. The number of rotatable bonds is 5. The van der Waals surface area contributed by atoms with Crippen LogP contribution in [0, 0.1) is 0 Å². The zero-order valence-electron chi connectivity index (χ0n) is 30.1. The smallest absolute Gasteiger partial charge is 0.231 e. The molecule has 11 rings (SSSR count). The van der Waals surface area contributed by atoms with Crippen LogP contribution < -0.4 is 14.4 Å². The van der Waals surface area contributed by atoms with Crippen LogP contribution in [0.25, 0.3) is 60.5 Å². The van der Waals surface area contributed by atoms with Gasteiger partial charge in [-0.2, -0.15) is 0 Å². The van der Waals surface area contributed by atoms with Gasteiger partial charge < -0.3 is 18.9 Å². The van der Waals surface area contributed by atoms with Crippen molar-refractivity contribution in [3.63, 3.8) is 0 Å². The summed E-state index contributed by atoms with van der Waals surface area (Å²) in [4.78, 5) is 2.43. The van der Waals surface area contributed by atoms with Gasteiger partial charge >= 0.3 is 0 Å². The Labute approximate surface area is 314 Å². The molecule has 0 saturated carbocycles. The summed E-state index contributed by atoms with van der Waals surface area (Å²) in [5.74, 6) is 1.56. The van der Waals surface area contributed by atoms with Crippen LogP contribution in [0.3, 0.4) is 0 Å². The van der Waals surface area contributed by atoms with E-state index in [1.54, 1.807) is 0 Å². The first kappa shape index (κ1) is 30.8. The molecule has 0 amide bonds. The van der Waals surface area contributed by atoms with Crippen LogP contribution in [0.1, 0.15) is 25.0 Å². The van der Waals surface area contributed by atoms with E-state index in [9.17, 15) is 0 Å². The van der Waals surface area contributed by atoms with Gasteiger partial charge in [0.05, 0.1) is 11.0 Å². The van der Waals surface area contributed by atoms with Crippen molar-refractivity contribution in [3.05, 3.63) is 181 Å². The maximum absolute atomic E-state index is 5.92. The molecule has 0 fully saturated rings. The Kier molecular flexibility index (Phi) is 6.62. The van der Waals surface area contributed by atoms with Crippen molar-refractivity contribution in [1.82, 2.24) is 4.57 Å². The van der Waals surface area contributed by atoms with Crippen LogP contribution in [0.5, 0.6) is 11.5 Å². The van der Waals surface area contributed by atoms with Gasteiger partial charge in [-0.15, -0.1) is 0 Å². The van der Waals surface area contributed by atoms with E-state index in [1.807, 2.05) is 6.07 Å². The van der Waals surface area contributed by atoms with E-state index < -0.39 is 0 Å². The lowest BCUT2D eigenvalue weighted by Crippen LogP contribution is -2.17. The largest absolute Gasteiger partial charge is 0.454 e. The number of nitrogens with zero attached hydrogens (tertiary/aromatic N) is 2. The van der Waals surface area contributed by atoms with Crippen LogP contribution in [0.15, 0.2) is 170 Å². The van der Waals surface area contributed by atoms with Crippen molar-refractivity contribution in [2.75, 3.05) is 11.7 Å². The molecule has 8 aromatic carbocycles. The maximum Gasteiger partial charge on any atom is 0.231 e. The molecule has 0 saturated heterocycles. The first-order valence-electron chi connectivity index (χ1n) is 18.6. The van der Waals surface area contributed by atoms with Gasteiger partial charge in [0, 0.05) is 38.9 Å². The van der Waals surface area contributed by atoms with Gasteiger partial charge in [-0.05, 0) is 111 Å². The molecular weight excluding hydrogens is 661 g/mol. The lowest BCUT2D eigenvalue weighted by Gasteiger charge is -2.30. The second-order valence-electron chi connectivity index (χ2n) is 14.9. The summed E-state index contributed by atoms with van der Waals surface area (Å²) in [5, 5.41) is 4.91. The fraction of sp³-hybridized carbons (Fsp3) is 0.0800. The monoisotopic (exact) mass is 696 g/mol. The molecule has 1 aliphatic heterocycles. The molecule has 9 aromatic rings. The summed E-state index contributed by atoms with van der Waals surface area (Å²) in [6, 6.07) is 61.8. The molecule has 2 aliphatic rings. The normalized spacial score (nSPS) is 13.7. The number of hydrogen-bond donors (Lipinski definition) is 0. The predicted octanol–water partition coefficient (Wildman–Crippen LogP) is 13.1. The third kappa shape index (κ3) is 4.56. The molecule has 0 N–H and O–H groups in total. The Morgan fingerprint density at radius 2 is 1.20 bits per heavy atom. The van der Waals surface area contributed by atoms with Gasteiger partial charge in [0.15, 0.2) is 11.5 Å². The lowest BCUT2D eigenvalue weighted by atomic mass is 9.81. The maximum atomic E-state index is 5.92. The standard InChI is InChI=1S/C50H36N2O2/c1-50(2)43-19-8-5-18-41(43)49-42(34-23-25-47-48(27-34)54-31-53-47)29-38(30-44(49)50)51(37-24-22-32-12-3-4-13-33(32)26-37)35-14-11-15-36(28-35)52-45-20-9-6-16-39(45)40-17-7-10-21-46(40)52/h3-30H,31H2,1-2H3. The molecule has 2 heterocycles. The number of aromatic nitrogens is 1. The fourth-order valence-electron chi connectivity index (χ4n) is 8.96. The average Bonchev–Trinajstić information content (AvgIpc) is 3.89.